The van der Waals surface area contributed by atoms with Crippen LogP contribution in [0.1, 0.15) is 30.9 Å². The Labute approximate surface area is 127 Å². The van der Waals surface area contributed by atoms with E-state index in [1.165, 1.54) is 18.2 Å². The summed E-state index contributed by atoms with van der Waals surface area (Å²) in [4.78, 5) is 0. The molecule has 0 radical (unpaired) electrons. The van der Waals surface area contributed by atoms with Gasteiger partial charge in [0.25, 0.3) is 0 Å². The van der Waals surface area contributed by atoms with Gasteiger partial charge in [-0.25, -0.2) is 0 Å². The van der Waals surface area contributed by atoms with Crippen molar-refractivity contribution in [2.75, 3.05) is 6.54 Å². The number of hydrogen-bond acceptors (Lipinski definition) is 3. The standard InChI is InChI=1S/C13H18F4N2O.ClH/c14-12(15)13(16,17)20-10-5-3-4-9(8-10)11(19)6-1-2-7-18;/h3-5,8,11-12H,1-2,6-7,18-19H2;1H/t11-;/m1./s1. The second-order valence-electron chi connectivity index (χ2n) is 4.43. The second kappa shape index (κ2) is 9.07. The number of nitrogens with two attached hydrogens (primary N) is 2. The van der Waals surface area contributed by atoms with Crippen molar-refractivity contribution in [3.63, 3.8) is 0 Å². The van der Waals surface area contributed by atoms with E-state index in [0.29, 0.717) is 18.5 Å². The molecule has 0 aliphatic heterocycles. The van der Waals surface area contributed by atoms with Gasteiger partial charge in [-0.1, -0.05) is 18.6 Å². The maximum atomic E-state index is 12.8. The van der Waals surface area contributed by atoms with Gasteiger partial charge in [0.1, 0.15) is 5.75 Å². The summed E-state index contributed by atoms with van der Waals surface area (Å²) in [6, 6.07) is 5.15. The molecule has 1 atom stereocenters. The molecule has 4 N–H and O–H groups in total. The van der Waals surface area contributed by atoms with Gasteiger partial charge in [0, 0.05) is 6.04 Å². The molecule has 1 aromatic carbocycles. The molecule has 0 aliphatic carbocycles. The lowest BCUT2D eigenvalue weighted by atomic mass is 10.0. The normalized spacial score (nSPS) is 12.9. The average molecular weight is 331 g/mol. The van der Waals surface area contributed by atoms with Crippen LogP contribution in [-0.4, -0.2) is 19.1 Å². The summed E-state index contributed by atoms with van der Waals surface area (Å²) < 4.78 is 53.7. The summed E-state index contributed by atoms with van der Waals surface area (Å²) in [6.07, 6.45) is -6.15. The first-order chi connectivity index (χ1) is 9.36. The number of rotatable bonds is 8. The van der Waals surface area contributed by atoms with Gasteiger partial charge in [-0.05, 0) is 37.1 Å². The van der Waals surface area contributed by atoms with E-state index in [1.54, 1.807) is 6.07 Å². The number of benzene rings is 1. The van der Waals surface area contributed by atoms with E-state index in [0.717, 1.165) is 12.8 Å². The van der Waals surface area contributed by atoms with E-state index < -0.39 is 12.5 Å². The Balaban J connectivity index is 0.00000400. The number of unbranched alkanes of at least 4 members (excludes halogenated alkanes) is 1. The summed E-state index contributed by atoms with van der Waals surface area (Å²) in [6.45, 7) is 0.552. The Morgan fingerprint density at radius 3 is 2.43 bits per heavy atom. The number of alkyl halides is 4. The Kier molecular flexibility index (Phi) is 8.61. The zero-order valence-electron chi connectivity index (χ0n) is 11.3. The van der Waals surface area contributed by atoms with Crippen LogP contribution in [0.3, 0.4) is 0 Å². The summed E-state index contributed by atoms with van der Waals surface area (Å²) in [7, 11) is 0. The van der Waals surface area contributed by atoms with Crippen LogP contribution in [0, 0.1) is 0 Å². The lowest BCUT2D eigenvalue weighted by molar-refractivity contribution is -0.253. The number of halogens is 5. The van der Waals surface area contributed by atoms with Crippen molar-refractivity contribution >= 4 is 12.4 Å². The van der Waals surface area contributed by atoms with Crippen molar-refractivity contribution in [1.29, 1.82) is 0 Å². The molecule has 3 nitrogen and oxygen atoms in total. The summed E-state index contributed by atoms with van der Waals surface area (Å²) in [5.41, 5.74) is 11.8. The number of hydrogen-bond donors (Lipinski definition) is 2. The van der Waals surface area contributed by atoms with Crippen LogP contribution in [0.5, 0.6) is 5.75 Å². The third-order valence-electron chi connectivity index (χ3n) is 2.76. The molecular weight excluding hydrogens is 312 g/mol. The van der Waals surface area contributed by atoms with Crippen LogP contribution in [0.15, 0.2) is 24.3 Å². The molecule has 0 spiro atoms. The van der Waals surface area contributed by atoms with Gasteiger partial charge < -0.3 is 16.2 Å². The fourth-order valence-corrected chi connectivity index (χ4v) is 1.69. The van der Waals surface area contributed by atoms with E-state index in [1.807, 2.05) is 0 Å². The molecule has 21 heavy (non-hydrogen) atoms. The lowest BCUT2D eigenvalue weighted by Gasteiger charge is -2.18. The van der Waals surface area contributed by atoms with Gasteiger partial charge in [-0.2, -0.15) is 17.6 Å². The van der Waals surface area contributed by atoms with Gasteiger partial charge in [0.05, 0.1) is 0 Å². The predicted molar refractivity (Wildman–Crippen MR) is 75.1 cm³/mol. The Morgan fingerprint density at radius 1 is 1.19 bits per heavy atom. The van der Waals surface area contributed by atoms with Crippen molar-refractivity contribution in [1.82, 2.24) is 0 Å². The van der Waals surface area contributed by atoms with Crippen LogP contribution in [-0.2, 0) is 0 Å². The fraction of sp³-hybridized carbons (Fsp3) is 0.538. The van der Waals surface area contributed by atoms with E-state index in [2.05, 4.69) is 4.74 Å². The molecule has 0 heterocycles. The van der Waals surface area contributed by atoms with E-state index in [9.17, 15) is 17.6 Å². The van der Waals surface area contributed by atoms with Crippen molar-refractivity contribution in [2.45, 2.75) is 37.8 Å². The first-order valence-electron chi connectivity index (χ1n) is 6.27. The molecule has 0 fully saturated rings. The molecule has 1 rings (SSSR count). The average Bonchev–Trinajstić information content (AvgIpc) is 2.38. The first-order valence-corrected chi connectivity index (χ1v) is 6.27. The highest BCUT2D eigenvalue weighted by atomic mass is 35.5. The molecule has 0 aliphatic rings. The predicted octanol–water partition coefficient (Wildman–Crippen LogP) is 3.47. The smallest absolute Gasteiger partial charge is 0.428 e. The Bertz CT molecular complexity index is 421. The first kappa shape index (κ1) is 19.9. The largest absolute Gasteiger partial charge is 0.461 e. The van der Waals surface area contributed by atoms with Gasteiger partial charge in [0.15, 0.2) is 0 Å². The minimum absolute atomic E-state index is 0. The zero-order chi connectivity index (χ0) is 15.2. The van der Waals surface area contributed by atoms with Crippen molar-refractivity contribution in [3.8, 4) is 5.75 Å². The Hall–Kier alpha value is -1.05. The third kappa shape index (κ3) is 6.50. The monoisotopic (exact) mass is 330 g/mol. The summed E-state index contributed by atoms with van der Waals surface area (Å²) in [5, 5.41) is 0. The Morgan fingerprint density at radius 2 is 1.86 bits per heavy atom. The molecule has 0 saturated heterocycles. The van der Waals surface area contributed by atoms with Crippen LogP contribution >= 0.6 is 12.4 Å². The van der Waals surface area contributed by atoms with Crippen molar-refractivity contribution in [3.05, 3.63) is 29.8 Å². The van der Waals surface area contributed by atoms with E-state index in [-0.39, 0.29) is 24.2 Å². The molecular formula is C13H19ClF4N2O. The minimum atomic E-state index is -4.51. The number of ether oxygens (including phenoxy) is 1. The maximum absolute atomic E-state index is 12.8. The van der Waals surface area contributed by atoms with Gasteiger partial charge in [-0.15, -0.1) is 12.4 Å². The molecule has 122 valence electrons. The van der Waals surface area contributed by atoms with E-state index >= 15 is 0 Å². The van der Waals surface area contributed by atoms with Gasteiger partial charge >= 0.3 is 12.5 Å². The highest BCUT2D eigenvalue weighted by molar-refractivity contribution is 5.85. The van der Waals surface area contributed by atoms with E-state index in [4.69, 9.17) is 11.5 Å². The van der Waals surface area contributed by atoms with Crippen LogP contribution in [0.25, 0.3) is 0 Å². The minimum Gasteiger partial charge on any atom is -0.428 e. The molecule has 1 aromatic rings. The van der Waals surface area contributed by atoms with Crippen LogP contribution in [0.4, 0.5) is 17.6 Å². The second-order valence-corrected chi connectivity index (χ2v) is 4.43. The molecule has 0 unspecified atom stereocenters. The molecule has 8 heteroatoms. The zero-order valence-corrected chi connectivity index (χ0v) is 12.1. The quantitative estimate of drug-likeness (QED) is 0.566. The van der Waals surface area contributed by atoms with Gasteiger partial charge in [0.2, 0.25) is 0 Å². The SMILES string of the molecule is Cl.NCCCC[C@@H](N)c1cccc(OC(F)(F)C(F)F)c1. The summed E-state index contributed by atoms with van der Waals surface area (Å²) >= 11 is 0. The lowest BCUT2D eigenvalue weighted by Crippen LogP contribution is -2.33. The third-order valence-corrected chi connectivity index (χ3v) is 2.76. The van der Waals surface area contributed by atoms with Gasteiger partial charge in [-0.3, -0.25) is 0 Å². The maximum Gasteiger partial charge on any atom is 0.461 e. The van der Waals surface area contributed by atoms with Crippen LogP contribution < -0.4 is 16.2 Å². The van der Waals surface area contributed by atoms with Crippen molar-refractivity contribution in [2.24, 2.45) is 11.5 Å². The topological polar surface area (TPSA) is 61.3 Å². The molecule has 0 aromatic heterocycles. The molecule has 0 amide bonds. The highest BCUT2D eigenvalue weighted by Gasteiger charge is 2.43. The highest BCUT2D eigenvalue weighted by Crippen LogP contribution is 2.29. The van der Waals surface area contributed by atoms with Crippen LogP contribution in [0.2, 0.25) is 0 Å². The van der Waals surface area contributed by atoms with Crippen molar-refractivity contribution < 1.29 is 22.3 Å². The molecule has 0 saturated carbocycles. The molecule has 0 bridgehead atoms. The summed E-state index contributed by atoms with van der Waals surface area (Å²) in [5.74, 6) is -0.331. The fourth-order valence-electron chi connectivity index (χ4n) is 1.69.